The van der Waals surface area contributed by atoms with Crippen LogP contribution in [0.3, 0.4) is 0 Å². The molecule has 0 spiro atoms. The second-order valence-electron chi connectivity index (χ2n) is 12.4. The summed E-state index contributed by atoms with van der Waals surface area (Å²) < 4.78 is 25.8. The Balaban J connectivity index is 1.91. The van der Waals surface area contributed by atoms with Gasteiger partial charge < -0.3 is 24.6 Å². The molecule has 9 nitrogen and oxygen atoms in total. The van der Waals surface area contributed by atoms with Crippen LogP contribution in [0, 0.1) is 5.92 Å². The predicted octanol–water partition coefficient (Wildman–Crippen LogP) is 7.66. The van der Waals surface area contributed by atoms with Gasteiger partial charge in [0.25, 0.3) is 0 Å². The maximum absolute atomic E-state index is 12.8. The van der Waals surface area contributed by atoms with Crippen LogP contribution in [0.15, 0.2) is 17.1 Å². The van der Waals surface area contributed by atoms with Gasteiger partial charge in [0.05, 0.1) is 12.2 Å². The molecule has 0 aromatic carbocycles. The maximum Gasteiger partial charge on any atom is 0.351 e. The van der Waals surface area contributed by atoms with E-state index in [0.717, 1.165) is 12.8 Å². The van der Waals surface area contributed by atoms with E-state index in [2.05, 4.69) is 25.8 Å². The number of hydrogen-bond acceptors (Lipinski definition) is 8. The van der Waals surface area contributed by atoms with Gasteiger partial charge in [0.15, 0.2) is 6.23 Å². The normalized spacial score (nSPS) is 22.3. The molecule has 0 saturated carbocycles. The van der Waals surface area contributed by atoms with Crippen molar-refractivity contribution >= 4 is 24.3 Å². The molecule has 1 aromatic rings. The van der Waals surface area contributed by atoms with Crippen molar-refractivity contribution in [2.24, 2.45) is 5.92 Å². The molecule has 1 fully saturated rings. The van der Waals surface area contributed by atoms with Gasteiger partial charge in [-0.3, -0.25) is 9.09 Å². The van der Waals surface area contributed by atoms with E-state index in [4.69, 9.17) is 36.1 Å². The third-order valence-corrected chi connectivity index (χ3v) is 9.24. The lowest BCUT2D eigenvalue weighted by Crippen LogP contribution is -2.39. The molecule has 244 valence electrons. The van der Waals surface area contributed by atoms with Gasteiger partial charge >= 0.3 is 12.4 Å². The number of rotatable bonds is 23. The number of nitrogen functional groups attached to an aromatic ring is 1. The van der Waals surface area contributed by atoms with E-state index in [1.165, 1.54) is 81.6 Å². The van der Waals surface area contributed by atoms with E-state index < -0.39 is 36.9 Å². The van der Waals surface area contributed by atoms with E-state index in [-0.39, 0.29) is 17.8 Å². The van der Waals surface area contributed by atoms with Crippen LogP contribution < -0.4 is 11.4 Å². The zero-order valence-corrected chi connectivity index (χ0v) is 28.5. The summed E-state index contributed by atoms with van der Waals surface area (Å²) in [4.78, 5) is 27.5. The number of unbranched alkanes of at least 4 members (excludes halogenated alkanes) is 13. The molecular formula is C31H58N3O6PS. The lowest BCUT2D eigenvalue weighted by atomic mass is 10.0. The maximum atomic E-state index is 12.8. The fourth-order valence-corrected chi connectivity index (χ4v) is 7.43. The Labute approximate surface area is 259 Å². The van der Waals surface area contributed by atoms with Gasteiger partial charge in [-0.15, -0.1) is 0 Å². The summed E-state index contributed by atoms with van der Waals surface area (Å²) in [6.07, 6.45) is 17.2. The molecule has 2 heterocycles. The van der Waals surface area contributed by atoms with Crippen molar-refractivity contribution in [2.45, 2.75) is 162 Å². The van der Waals surface area contributed by atoms with Gasteiger partial charge in [-0.1, -0.05) is 104 Å². The molecule has 1 aromatic heterocycles. The molecule has 42 heavy (non-hydrogen) atoms. The SMILES string of the molecule is CCCCCCCCCCCCCCCCO[C@H]1C(OP(O)(=S)OC(C)C)[C@@H](CC(C)C)O[C@H]1n1ccc(N)nc1=O. The zero-order chi connectivity index (χ0) is 31.0. The summed E-state index contributed by atoms with van der Waals surface area (Å²) in [6.45, 7) is 6.91. The zero-order valence-electron chi connectivity index (χ0n) is 26.7. The molecule has 2 unspecified atom stereocenters. The number of nitrogens with two attached hydrogens (primary N) is 1. The summed E-state index contributed by atoms with van der Waals surface area (Å²) in [5.41, 5.74) is 5.20. The minimum atomic E-state index is -3.58. The van der Waals surface area contributed by atoms with Crippen LogP contribution in [-0.4, -0.2) is 45.5 Å². The third kappa shape index (κ3) is 14.3. The molecule has 0 bridgehead atoms. The van der Waals surface area contributed by atoms with Crippen molar-refractivity contribution in [3.8, 4) is 0 Å². The smallest absolute Gasteiger partial charge is 0.351 e. The van der Waals surface area contributed by atoms with Crippen molar-refractivity contribution in [1.82, 2.24) is 9.55 Å². The van der Waals surface area contributed by atoms with Gasteiger partial charge in [0.2, 0.25) is 0 Å². The standard InChI is InChI=1S/C31H58N3O6PS/c1-6-7-8-9-10-11-12-13-14-15-16-17-18-19-22-37-29-28(40-41(36,42)39-25(4)5)26(23-24(2)3)38-30(29)34-21-20-27(32)33-31(34)35/h20-21,24-26,28-30H,6-19,22-23H2,1-5H3,(H,36,42)(H2,32,33,35)/t26-,28?,29+,30-,41?/m1/s1. The Kier molecular flexibility index (Phi) is 18.0. The van der Waals surface area contributed by atoms with Crippen molar-refractivity contribution in [2.75, 3.05) is 12.3 Å². The molecule has 0 aliphatic carbocycles. The first-order valence-electron chi connectivity index (χ1n) is 16.3. The highest BCUT2D eigenvalue weighted by molar-refractivity contribution is 8.07. The molecule has 11 heteroatoms. The molecule has 1 aliphatic heterocycles. The molecule has 1 saturated heterocycles. The first-order valence-corrected chi connectivity index (χ1v) is 18.9. The van der Waals surface area contributed by atoms with Crippen molar-refractivity contribution in [1.29, 1.82) is 0 Å². The highest BCUT2D eigenvalue weighted by Gasteiger charge is 2.49. The molecule has 0 amide bonds. The van der Waals surface area contributed by atoms with Crippen LogP contribution in [-0.2, 0) is 30.3 Å². The van der Waals surface area contributed by atoms with Crippen LogP contribution in [0.4, 0.5) is 5.82 Å². The quantitative estimate of drug-likeness (QED) is 0.0927. The van der Waals surface area contributed by atoms with Gasteiger partial charge in [-0.05, 0) is 50.5 Å². The summed E-state index contributed by atoms with van der Waals surface area (Å²) in [5, 5.41) is 0. The van der Waals surface area contributed by atoms with Crippen LogP contribution >= 0.6 is 6.72 Å². The predicted molar refractivity (Wildman–Crippen MR) is 174 cm³/mol. The topological polar surface area (TPSA) is 118 Å². The molecule has 1 aliphatic rings. The van der Waals surface area contributed by atoms with Gasteiger partial charge in [0, 0.05) is 12.8 Å². The highest BCUT2D eigenvalue weighted by atomic mass is 32.5. The molecule has 2 rings (SSSR count). The van der Waals surface area contributed by atoms with Crippen molar-refractivity contribution < 1.29 is 23.4 Å². The second kappa shape index (κ2) is 20.2. The van der Waals surface area contributed by atoms with Crippen LogP contribution in [0.1, 0.15) is 137 Å². The number of hydrogen-bond donors (Lipinski definition) is 2. The van der Waals surface area contributed by atoms with E-state index in [0.29, 0.717) is 13.0 Å². The minimum Gasteiger partial charge on any atom is -0.383 e. The summed E-state index contributed by atoms with van der Waals surface area (Å²) in [6, 6.07) is 1.55. The Morgan fingerprint density at radius 2 is 1.52 bits per heavy atom. The monoisotopic (exact) mass is 631 g/mol. The van der Waals surface area contributed by atoms with Crippen molar-refractivity contribution in [3.63, 3.8) is 0 Å². The lowest BCUT2D eigenvalue weighted by molar-refractivity contribution is -0.0717. The van der Waals surface area contributed by atoms with Crippen LogP contribution in [0.25, 0.3) is 0 Å². The molecular weight excluding hydrogens is 573 g/mol. The van der Waals surface area contributed by atoms with Gasteiger partial charge in [0.1, 0.15) is 18.0 Å². The fourth-order valence-electron chi connectivity index (χ4n) is 5.47. The van der Waals surface area contributed by atoms with Crippen molar-refractivity contribution in [3.05, 3.63) is 22.7 Å². The first-order chi connectivity index (χ1) is 20.0. The summed E-state index contributed by atoms with van der Waals surface area (Å²) in [5.74, 6) is 0.409. The number of ether oxygens (including phenoxy) is 2. The van der Waals surface area contributed by atoms with Crippen LogP contribution in [0.5, 0.6) is 0 Å². The van der Waals surface area contributed by atoms with Gasteiger partial charge in [-0.2, -0.15) is 4.98 Å². The first kappa shape index (κ1) is 37.3. The van der Waals surface area contributed by atoms with Gasteiger partial charge in [-0.25, -0.2) is 4.79 Å². The van der Waals surface area contributed by atoms with E-state index in [1.807, 2.05) is 0 Å². The third-order valence-electron chi connectivity index (χ3n) is 7.52. The van der Waals surface area contributed by atoms with Crippen LogP contribution in [0.2, 0.25) is 0 Å². The van der Waals surface area contributed by atoms with E-state index in [1.54, 1.807) is 26.1 Å². The fraction of sp³-hybridized carbons (Fsp3) is 0.871. The van der Waals surface area contributed by atoms with E-state index >= 15 is 0 Å². The largest absolute Gasteiger partial charge is 0.383 e. The van der Waals surface area contributed by atoms with E-state index in [9.17, 15) is 9.69 Å². The second-order valence-corrected chi connectivity index (χ2v) is 15.1. The average molecular weight is 632 g/mol. The number of nitrogens with zero attached hydrogens (tertiary/aromatic N) is 2. The molecule has 5 atom stereocenters. The molecule has 0 radical (unpaired) electrons. The Morgan fingerprint density at radius 1 is 0.976 bits per heavy atom. The summed E-state index contributed by atoms with van der Waals surface area (Å²) in [7, 11) is 0. The Morgan fingerprint density at radius 3 is 2.02 bits per heavy atom. The summed E-state index contributed by atoms with van der Waals surface area (Å²) >= 11 is 5.34. The highest BCUT2D eigenvalue weighted by Crippen LogP contribution is 2.50. The number of anilines is 1. The minimum absolute atomic E-state index is 0.136. The number of aromatic nitrogens is 2. The average Bonchev–Trinajstić information content (AvgIpc) is 3.20. The Bertz CT molecular complexity index is 978. The lowest BCUT2D eigenvalue weighted by Gasteiger charge is -2.29. The Hall–Kier alpha value is -0.870. The molecule has 3 N–H and O–H groups in total.